The summed E-state index contributed by atoms with van der Waals surface area (Å²) in [7, 11) is 0.113. The zero-order chi connectivity index (χ0) is 27.2. The summed E-state index contributed by atoms with van der Waals surface area (Å²) in [5.41, 5.74) is 5.35. The van der Waals surface area contributed by atoms with Gasteiger partial charge in [0, 0.05) is 12.1 Å². The SMILES string of the molecule is Cc1cc(C(=O)n2c(C)nc3cc(-c4ccccc4S(N)(=O)=O)ccc32)n(-c2ccc(CN(C)C)cc2)n1. The molecule has 194 valence electrons. The Bertz CT molecular complexity index is 1780. The molecule has 2 aromatic heterocycles. The van der Waals surface area contributed by atoms with Gasteiger partial charge in [-0.1, -0.05) is 36.4 Å². The molecule has 2 heterocycles. The van der Waals surface area contributed by atoms with Crippen LogP contribution in [-0.4, -0.2) is 52.7 Å². The molecule has 0 atom stereocenters. The molecule has 0 fully saturated rings. The Morgan fingerprint density at radius 1 is 0.974 bits per heavy atom. The quantitative estimate of drug-likeness (QED) is 0.357. The van der Waals surface area contributed by atoms with Crippen molar-refractivity contribution in [2.45, 2.75) is 25.3 Å². The highest BCUT2D eigenvalue weighted by atomic mass is 32.2. The number of hydrogen-bond acceptors (Lipinski definition) is 6. The van der Waals surface area contributed by atoms with Gasteiger partial charge in [-0.15, -0.1) is 0 Å². The summed E-state index contributed by atoms with van der Waals surface area (Å²) in [5, 5.41) is 10.0. The standard InChI is InChI=1S/C28H28N6O3S/c1-18-15-26(34(31-18)22-12-9-20(10-13-22)17-32(3)4)28(35)33-19(2)30-24-16-21(11-14-25(24)33)23-7-5-6-8-27(23)38(29,36)37/h5-16H,17H2,1-4H3,(H2,29,36,37). The number of carbonyl (C=O) groups is 1. The molecule has 0 aliphatic rings. The van der Waals surface area contributed by atoms with Gasteiger partial charge in [0.2, 0.25) is 10.0 Å². The third kappa shape index (κ3) is 4.76. The number of benzene rings is 3. The predicted octanol–water partition coefficient (Wildman–Crippen LogP) is 3.90. The van der Waals surface area contributed by atoms with Crippen LogP contribution < -0.4 is 5.14 Å². The number of carbonyl (C=O) groups excluding carboxylic acids is 1. The molecule has 0 radical (unpaired) electrons. The van der Waals surface area contributed by atoms with Crippen molar-refractivity contribution in [2.75, 3.05) is 14.1 Å². The number of sulfonamides is 1. The van der Waals surface area contributed by atoms with Gasteiger partial charge < -0.3 is 4.90 Å². The van der Waals surface area contributed by atoms with Crippen molar-refractivity contribution in [1.82, 2.24) is 24.2 Å². The number of aromatic nitrogens is 4. The van der Waals surface area contributed by atoms with Gasteiger partial charge in [0.25, 0.3) is 5.91 Å². The van der Waals surface area contributed by atoms with Crippen molar-refractivity contribution < 1.29 is 13.2 Å². The van der Waals surface area contributed by atoms with Crippen LogP contribution in [0.25, 0.3) is 27.8 Å². The van der Waals surface area contributed by atoms with E-state index in [1.54, 1.807) is 58.6 Å². The van der Waals surface area contributed by atoms with Crippen LogP contribution in [0.3, 0.4) is 0 Å². The van der Waals surface area contributed by atoms with Crippen LogP contribution in [0.4, 0.5) is 0 Å². The van der Waals surface area contributed by atoms with Crippen LogP contribution in [0.15, 0.2) is 77.7 Å². The van der Waals surface area contributed by atoms with E-state index in [0.717, 1.165) is 23.5 Å². The Hall–Kier alpha value is -4.12. The number of rotatable bonds is 6. The number of primary sulfonamides is 1. The lowest BCUT2D eigenvalue weighted by Gasteiger charge is -2.12. The summed E-state index contributed by atoms with van der Waals surface area (Å²) in [4.78, 5) is 20.6. The summed E-state index contributed by atoms with van der Waals surface area (Å²) in [6, 6.07) is 21.6. The van der Waals surface area contributed by atoms with Crippen LogP contribution in [0.1, 0.15) is 27.6 Å². The molecule has 5 rings (SSSR count). The maximum absolute atomic E-state index is 13.9. The first kappa shape index (κ1) is 25.5. The van der Waals surface area contributed by atoms with Crippen LogP contribution in [-0.2, 0) is 16.6 Å². The van der Waals surface area contributed by atoms with E-state index in [9.17, 15) is 13.2 Å². The highest BCUT2D eigenvalue weighted by Gasteiger charge is 2.22. The van der Waals surface area contributed by atoms with Crippen LogP contribution in [0, 0.1) is 13.8 Å². The van der Waals surface area contributed by atoms with Gasteiger partial charge in [0.15, 0.2) is 0 Å². The highest BCUT2D eigenvalue weighted by Crippen LogP contribution is 2.30. The number of nitrogens with two attached hydrogens (primary N) is 1. The molecule has 0 unspecified atom stereocenters. The van der Waals surface area contributed by atoms with Crippen molar-refractivity contribution in [1.29, 1.82) is 0 Å². The maximum Gasteiger partial charge on any atom is 0.282 e. The Labute approximate surface area is 221 Å². The second kappa shape index (κ2) is 9.64. The summed E-state index contributed by atoms with van der Waals surface area (Å²) >= 11 is 0. The summed E-state index contributed by atoms with van der Waals surface area (Å²) in [6.07, 6.45) is 0. The molecule has 0 saturated carbocycles. The maximum atomic E-state index is 13.9. The molecule has 3 aromatic carbocycles. The van der Waals surface area contributed by atoms with E-state index in [1.807, 2.05) is 45.3 Å². The Morgan fingerprint density at radius 2 is 1.68 bits per heavy atom. The fourth-order valence-corrected chi connectivity index (χ4v) is 5.41. The zero-order valence-electron chi connectivity index (χ0n) is 21.6. The molecule has 0 bridgehead atoms. The third-order valence-corrected chi connectivity index (χ3v) is 7.23. The minimum atomic E-state index is -3.92. The molecular weight excluding hydrogens is 500 g/mol. The first-order chi connectivity index (χ1) is 18.0. The molecule has 9 nitrogen and oxygen atoms in total. The molecule has 0 aliphatic carbocycles. The van der Waals surface area contributed by atoms with Gasteiger partial charge in [-0.05, 0) is 75.5 Å². The fourth-order valence-electron chi connectivity index (χ4n) is 4.65. The van der Waals surface area contributed by atoms with Crippen LogP contribution >= 0.6 is 0 Å². The molecule has 0 saturated heterocycles. The summed E-state index contributed by atoms with van der Waals surface area (Å²) < 4.78 is 27.4. The number of aryl methyl sites for hydroxylation is 2. The van der Waals surface area contributed by atoms with Gasteiger partial charge >= 0.3 is 0 Å². The lowest BCUT2D eigenvalue weighted by atomic mass is 10.1. The van der Waals surface area contributed by atoms with E-state index in [-0.39, 0.29) is 10.8 Å². The molecule has 2 N–H and O–H groups in total. The highest BCUT2D eigenvalue weighted by molar-refractivity contribution is 7.89. The van der Waals surface area contributed by atoms with Crippen molar-refractivity contribution >= 4 is 27.0 Å². The number of hydrogen-bond donors (Lipinski definition) is 1. The second-order valence-electron chi connectivity index (χ2n) is 9.53. The minimum absolute atomic E-state index is 0.0301. The van der Waals surface area contributed by atoms with Gasteiger partial charge in [-0.25, -0.2) is 23.2 Å². The first-order valence-electron chi connectivity index (χ1n) is 12.0. The van der Waals surface area contributed by atoms with Gasteiger partial charge in [-0.2, -0.15) is 5.10 Å². The molecular formula is C28H28N6O3S. The second-order valence-corrected chi connectivity index (χ2v) is 11.1. The number of fused-ring (bicyclic) bond motifs is 1. The largest absolute Gasteiger partial charge is 0.305 e. The van der Waals surface area contributed by atoms with E-state index in [2.05, 4.69) is 15.0 Å². The lowest BCUT2D eigenvalue weighted by Crippen LogP contribution is -2.18. The molecule has 0 amide bonds. The monoisotopic (exact) mass is 528 g/mol. The summed E-state index contributed by atoms with van der Waals surface area (Å²) in [6.45, 7) is 4.43. The average molecular weight is 529 g/mol. The van der Waals surface area contributed by atoms with E-state index < -0.39 is 10.0 Å². The van der Waals surface area contributed by atoms with Gasteiger partial charge in [0.1, 0.15) is 11.5 Å². The molecule has 0 spiro atoms. The Balaban J connectivity index is 1.56. The third-order valence-electron chi connectivity index (χ3n) is 6.26. The van der Waals surface area contributed by atoms with Crippen molar-refractivity contribution in [2.24, 2.45) is 5.14 Å². The first-order valence-corrected chi connectivity index (χ1v) is 13.5. The fraction of sp³-hybridized carbons (Fsp3) is 0.179. The van der Waals surface area contributed by atoms with Gasteiger partial charge in [0.05, 0.1) is 27.3 Å². The molecule has 38 heavy (non-hydrogen) atoms. The number of nitrogens with zero attached hydrogens (tertiary/aromatic N) is 5. The Kier molecular flexibility index (Phi) is 6.47. The summed E-state index contributed by atoms with van der Waals surface area (Å²) in [5.74, 6) is 0.245. The smallest absolute Gasteiger partial charge is 0.282 e. The molecule has 10 heteroatoms. The number of imidazole rings is 1. The molecule has 5 aromatic rings. The Morgan fingerprint density at radius 3 is 2.37 bits per heavy atom. The van der Waals surface area contributed by atoms with E-state index in [4.69, 9.17) is 5.14 Å². The van der Waals surface area contributed by atoms with Crippen molar-refractivity contribution in [3.8, 4) is 16.8 Å². The predicted molar refractivity (Wildman–Crippen MR) is 147 cm³/mol. The van der Waals surface area contributed by atoms with E-state index in [1.165, 1.54) is 6.07 Å². The lowest BCUT2D eigenvalue weighted by molar-refractivity contribution is 0.0954. The normalized spacial score (nSPS) is 11.9. The van der Waals surface area contributed by atoms with Crippen LogP contribution in [0.5, 0.6) is 0 Å². The minimum Gasteiger partial charge on any atom is -0.305 e. The van der Waals surface area contributed by atoms with Crippen molar-refractivity contribution in [3.63, 3.8) is 0 Å². The topological polar surface area (TPSA) is 116 Å². The zero-order valence-corrected chi connectivity index (χ0v) is 22.4. The van der Waals surface area contributed by atoms with Crippen LogP contribution in [0.2, 0.25) is 0 Å². The van der Waals surface area contributed by atoms with E-state index in [0.29, 0.717) is 33.7 Å². The average Bonchev–Trinajstić information content (AvgIpc) is 3.41. The van der Waals surface area contributed by atoms with Crippen molar-refractivity contribution in [3.05, 3.63) is 95.6 Å². The van der Waals surface area contributed by atoms with Gasteiger partial charge in [-0.3, -0.25) is 9.36 Å². The molecule has 0 aliphatic heterocycles. The van der Waals surface area contributed by atoms with E-state index >= 15 is 0 Å².